The van der Waals surface area contributed by atoms with E-state index in [9.17, 15) is 8.42 Å². The van der Waals surface area contributed by atoms with E-state index >= 15 is 0 Å². The maximum Gasteiger partial charge on any atom is 0.208 e. The van der Waals surface area contributed by atoms with Crippen molar-refractivity contribution in [3.05, 3.63) is 17.8 Å². The third kappa shape index (κ3) is 3.11. The summed E-state index contributed by atoms with van der Waals surface area (Å²) >= 11 is 0. The molecule has 0 amide bonds. The molecule has 1 aromatic heterocycles. The molecule has 1 fully saturated rings. The van der Waals surface area contributed by atoms with Crippen LogP contribution in [0.3, 0.4) is 0 Å². The van der Waals surface area contributed by atoms with Crippen LogP contribution >= 0.6 is 0 Å². The summed E-state index contributed by atoms with van der Waals surface area (Å²) in [6.07, 6.45) is 3.90. The first-order valence-electron chi connectivity index (χ1n) is 6.38. The van der Waals surface area contributed by atoms with E-state index in [1.165, 1.54) is 0 Å². The van der Waals surface area contributed by atoms with Crippen molar-refractivity contribution in [3.8, 4) is 0 Å². The molecule has 0 aliphatic carbocycles. The molecule has 2 rings (SSSR count). The van der Waals surface area contributed by atoms with Gasteiger partial charge in [0.25, 0.3) is 0 Å². The van der Waals surface area contributed by atoms with E-state index < -0.39 is 15.1 Å². The summed E-state index contributed by atoms with van der Waals surface area (Å²) in [4.78, 5) is 4.14. The SMILES string of the molecule is CC(C)NCc1ncc(C2CCCCS2(=O)=O)o1. The fraction of sp³-hybridized carbons (Fsp3) is 0.750. The molecular weight excluding hydrogens is 252 g/mol. The van der Waals surface area contributed by atoms with Gasteiger partial charge in [-0.25, -0.2) is 13.4 Å². The number of nitrogens with zero attached hydrogens (tertiary/aromatic N) is 1. The van der Waals surface area contributed by atoms with Gasteiger partial charge >= 0.3 is 0 Å². The highest BCUT2D eigenvalue weighted by atomic mass is 32.2. The Kier molecular flexibility index (Phi) is 4.07. The number of sulfone groups is 1. The van der Waals surface area contributed by atoms with E-state index in [4.69, 9.17) is 4.42 Å². The van der Waals surface area contributed by atoms with Gasteiger partial charge in [0.2, 0.25) is 5.89 Å². The van der Waals surface area contributed by atoms with E-state index in [1.54, 1.807) is 6.20 Å². The monoisotopic (exact) mass is 272 g/mol. The predicted octanol–water partition coefficient (Wildman–Crippen LogP) is 1.81. The third-order valence-electron chi connectivity index (χ3n) is 3.13. The second kappa shape index (κ2) is 5.40. The first-order valence-corrected chi connectivity index (χ1v) is 8.10. The Labute approximate surface area is 108 Å². The van der Waals surface area contributed by atoms with Gasteiger partial charge in [0, 0.05) is 6.04 Å². The van der Waals surface area contributed by atoms with Crippen molar-refractivity contribution in [2.45, 2.75) is 50.9 Å². The lowest BCUT2D eigenvalue weighted by Crippen LogP contribution is -2.22. The molecule has 1 aliphatic heterocycles. The number of rotatable bonds is 4. The first kappa shape index (κ1) is 13.5. The molecule has 0 saturated carbocycles. The molecule has 1 unspecified atom stereocenters. The van der Waals surface area contributed by atoms with Crippen LogP contribution in [-0.4, -0.2) is 25.2 Å². The van der Waals surface area contributed by atoms with Crippen LogP contribution in [0.25, 0.3) is 0 Å². The van der Waals surface area contributed by atoms with Crippen molar-refractivity contribution in [1.29, 1.82) is 0 Å². The number of oxazole rings is 1. The minimum Gasteiger partial charge on any atom is -0.443 e. The van der Waals surface area contributed by atoms with E-state index in [-0.39, 0.29) is 5.75 Å². The molecular formula is C12H20N2O3S. The minimum atomic E-state index is -3.05. The maximum absolute atomic E-state index is 12.0. The van der Waals surface area contributed by atoms with Gasteiger partial charge in [-0.2, -0.15) is 0 Å². The summed E-state index contributed by atoms with van der Waals surface area (Å²) in [7, 11) is -3.05. The van der Waals surface area contributed by atoms with E-state index in [1.807, 2.05) is 13.8 Å². The van der Waals surface area contributed by atoms with Crippen LogP contribution < -0.4 is 5.32 Å². The largest absolute Gasteiger partial charge is 0.443 e. The Balaban J connectivity index is 2.09. The van der Waals surface area contributed by atoms with Crippen molar-refractivity contribution < 1.29 is 12.8 Å². The first-order chi connectivity index (χ1) is 8.49. The zero-order valence-electron chi connectivity index (χ0n) is 10.8. The van der Waals surface area contributed by atoms with Gasteiger partial charge in [0.05, 0.1) is 18.5 Å². The lowest BCUT2D eigenvalue weighted by Gasteiger charge is -2.19. The van der Waals surface area contributed by atoms with Crippen molar-refractivity contribution >= 4 is 9.84 Å². The molecule has 1 aliphatic rings. The zero-order chi connectivity index (χ0) is 13.2. The highest BCUT2D eigenvalue weighted by molar-refractivity contribution is 7.91. The molecule has 2 heterocycles. The average Bonchev–Trinajstić information content (AvgIpc) is 2.74. The summed E-state index contributed by atoms with van der Waals surface area (Å²) in [6.45, 7) is 4.61. The normalized spacial score (nSPS) is 23.4. The van der Waals surface area contributed by atoms with E-state index in [2.05, 4.69) is 10.3 Å². The Morgan fingerprint density at radius 1 is 1.50 bits per heavy atom. The molecule has 18 heavy (non-hydrogen) atoms. The van der Waals surface area contributed by atoms with Gasteiger partial charge in [-0.1, -0.05) is 20.3 Å². The van der Waals surface area contributed by atoms with Gasteiger partial charge in [0.1, 0.15) is 11.0 Å². The van der Waals surface area contributed by atoms with Crippen molar-refractivity contribution in [2.24, 2.45) is 0 Å². The fourth-order valence-corrected chi connectivity index (χ4v) is 4.00. The Morgan fingerprint density at radius 2 is 2.28 bits per heavy atom. The Bertz CT molecular complexity index is 493. The van der Waals surface area contributed by atoms with Crippen molar-refractivity contribution in [2.75, 3.05) is 5.75 Å². The molecule has 1 aromatic rings. The highest BCUT2D eigenvalue weighted by Gasteiger charge is 2.33. The van der Waals surface area contributed by atoms with Crippen LogP contribution in [-0.2, 0) is 16.4 Å². The van der Waals surface area contributed by atoms with Gasteiger partial charge < -0.3 is 9.73 Å². The summed E-state index contributed by atoms with van der Waals surface area (Å²) in [5.41, 5.74) is 0. The fourth-order valence-electron chi connectivity index (χ4n) is 2.12. The number of hydrogen-bond donors (Lipinski definition) is 1. The summed E-state index contributed by atoms with van der Waals surface area (Å²) in [6, 6.07) is 0.346. The Morgan fingerprint density at radius 3 is 2.94 bits per heavy atom. The molecule has 0 spiro atoms. The van der Waals surface area contributed by atoms with E-state index in [0.29, 0.717) is 30.7 Å². The second-order valence-corrected chi connectivity index (χ2v) is 7.35. The number of hydrogen-bond acceptors (Lipinski definition) is 5. The van der Waals surface area contributed by atoms with E-state index in [0.717, 1.165) is 12.8 Å². The lowest BCUT2D eigenvalue weighted by atomic mass is 10.1. The van der Waals surface area contributed by atoms with Crippen LogP contribution in [0, 0.1) is 0 Å². The lowest BCUT2D eigenvalue weighted by molar-refractivity contribution is 0.409. The third-order valence-corrected chi connectivity index (χ3v) is 5.32. The second-order valence-electron chi connectivity index (χ2n) is 5.04. The van der Waals surface area contributed by atoms with Gasteiger partial charge in [-0.3, -0.25) is 0 Å². The molecule has 5 nitrogen and oxygen atoms in total. The quantitative estimate of drug-likeness (QED) is 0.905. The molecule has 1 N–H and O–H groups in total. The highest BCUT2D eigenvalue weighted by Crippen LogP contribution is 2.33. The predicted molar refractivity (Wildman–Crippen MR) is 68.9 cm³/mol. The molecule has 1 saturated heterocycles. The van der Waals surface area contributed by atoms with Gasteiger partial charge in [-0.05, 0) is 12.8 Å². The minimum absolute atomic E-state index is 0.262. The van der Waals surface area contributed by atoms with Crippen molar-refractivity contribution in [3.63, 3.8) is 0 Å². The van der Waals surface area contributed by atoms with Crippen LogP contribution in [0.5, 0.6) is 0 Å². The van der Waals surface area contributed by atoms with Crippen LogP contribution in [0.1, 0.15) is 50.0 Å². The van der Waals surface area contributed by atoms with Crippen LogP contribution in [0.2, 0.25) is 0 Å². The summed E-state index contributed by atoms with van der Waals surface area (Å²) in [5.74, 6) is 1.31. The van der Waals surface area contributed by atoms with Crippen LogP contribution in [0.4, 0.5) is 0 Å². The maximum atomic E-state index is 12.0. The molecule has 0 aromatic carbocycles. The standard InChI is InChI=1S/C12H20N2O3S/c1-9(2)13-8-12-14-7-10(17-12)11-5-3-4-6-18(11,15)16/h7,9,11,13H,3-6,8H2,1-2H3. The molecule has 0 radical (unpaired) electrons. The molecule has 1 atom stereocenters. The summed E-state index contributed by atoms with van der Waals surface area (Å²) < 4.78 is 29.5. The average molecular weight is 272 g/mol. The van der Waals surface area contributed by atoms with Gasteiger partial charge in [-0.15, -0.1) is 0 Å². The van der Waals surface area contributed by atoms with Crippen LogP contribution in [0.15, 0.2) is 10.6 Å². The van der Waals surface area contributed by atoms with Gasteiger partial charge in [0.15, 0.2) is 9.84 Å². The topological polar surface area (TPSA) is 72.2 Å². The zero-order valence-corrected chi connectivity index (χ0v) is 11.7. The summed E-state index contributed by atoms with van der Waals surface area (Å²) in [5, 5.41) is 2.70. The van der Waals surface area contributed by atoms with Crippen molar-refractivity contribution in [1.82, 2.24) is 10.3 Å². The molecule has 102 valence electrons. The number of aromatic nitrogens is 1. The number of nitrogens with one attached hydrogen (secondary N) is 1. The molecule has 0 bridgehead atoms. The smallest absolute Gasteiger partial charge is 0.208 e. The molecule has 6 heteroatoms. The Hall–Kier alpha value is -0.880.